The predicted octanol–water partition coefficient (Wildman–Crippen LogP) is 3.17. The zero-order valence-corrected chi connectivity index (χ0v) is 15.4. The van der Waals surface area contributed by atoms with E-state index in [0.717, 1.165) is 0 Å². The Kier molecular flexibility index (Phi) is 7.73. The maximum Gasteiger partial charge on any atom is 0.307 e. The third kappa shape index (κ3) is 5.82. The van der Waals surface area contributed by atoms with E-state index >= 15 is 0 Å². The first-order valence-corrected chi connectivity index (χ1v) is 8.09. The summed E-state index contributed by atoms with van der Waals surface area (Å²) < 4.78 is 4.60. The highest BCUT2D eigenvalue weighted by Gasteiger charge is 2.29. The molecule has 0 aliphatic heterocycles. The standard InChI is InChI=1S/C17H21Cl2NO4/c1-17(2,11-21)20(9-8-16(23)24-3)15(22)7-5-12-4-6-13(18)10-14(12)19/h4-7,10,21H,8-9,11H2,1-3H3/b7-5+. The number of aliphatic hydroxyl groups is 1. The average molecular weight is 374 g/mol. The molecule has 0 aliphatic carbocycles. The molecule has 0 spiro atoms. The Hall–Kier alpha value is -1.56. The van der Waals surface area contributed by atoms with Crippen LogP contribution in [0.25, 0.3) is 6.08 Å². The van der Waals surface area contributed by atoms with Crippen LogP contribution in [0.1, 0.15) is 25.8 Å². The van der Waals surface area contributed by atoms with Crippen LogP contribution >= 0.6 is 23.2 Å². The summed E-state index contributed by atoms with van der Waals surface area (Å²) >= 11 is 11.9. The Labute approximate surface area is 151 Å². The summed E-state index contributed by atoms with van der Waals surface area (Å²) in [5.41, 5.74) is -0.177. The number of halogens is 2. The van der Waals surface area contributed by atoms with Crippen LogP contribution in [0.2, 0.25) is 10.0 Å². The lowest BCUT2D eigenvalue weighted by atomic mass is 10.0. The number of methoxy groups -OCH3 is 1. The molecule has 132 valence electrons. The van der Waals surface area contributed by atoms with Gasteiger partial charge in [-0.1, -0.05) is 29.3 Å². The number of carbonyl (C=O) groups excluding carboxylic acids is 2. The van der Waals surface area contributed by atoms with Gasteiger partial charge in [0, 0.05) is 22.7 Å². The number of ether oxygens (including phenoxy) is 1. The molecule has 1 aromatic carbocycles. The Morgan fingerprint density at radius 1 is 1.33 bits per heavy atom. The average Bonchev–Trinajstić information content (AvgIpc) is 2.53. The number of rotatable bonds is 7. The summed E-state index contributed by atoms with van der Waals surface area (Å²) in [6.07, 6.45) is 2.96. The summed E-state index contributed by atoms with van der Waals surface area (Å²) in [7, 11) is 1.29. The molecule has 5 nitrogen and oxygen atoms in total. The van der Waals surface area contributed by atoms with Crippen molar-refractivity contribution < 1.29 is 19.4 Å². The van der Waals surface area contributed by atoms with Crippen molar-refractivity contribution in [2.45, 2.75) is 25.8 Å². The van der Waals surface area contributed by atoms with Crippen molar-refractivity contribution in [2.24, 2.45) is 0 Å². The third-order valence-corrected chi connectivity index (χ3v) is 4.08. The summed E-state index contributed by atoms with van der Waals surface area (Å²) in [6.45, 7) is 3.32. The summed E-state index contributed by atoms with van der Waals surface area (Å²) in [5, 5.41) is 10.5. The molecule has 0 aliphatic rings. The smallest absolute Gasteiger partial charge is 0.307 e. The quantitative estimate of drug-likeness (QED) is 0.588. The van der Waals surface area contributed by atoms with Gasteiger partial charge in [0.2, 0.25) is 5.91 Å². The van der Waals surface area contributed by atoms with Crippen LogP contribution in [-0.2, 0) is 14.3 Å². The fourth-order valence-electron chi connectivity index (χ4n) is 1.99. The summed E-state index contributed by atoms with van der Waals surface area (Å²) in [4.78, 5) is 25.3. The van der Waals surface area contributed by atoms with E-state index in [-0.39, 0.29) is 25.5 Å². The fourth-order valence-corrected chi connectivity index (χ4v) is 2.46. The van der Waals surface area contributed by atoms with E-state index in [2.05, 4.69) is 4.74 Å². The van der Waals surface area contributed by atoms with E-state index in [9.17, 15) is 14.7 Å². The lowest BCUT2D eigenvalue weighted by molar-refractivity contribution is -0.142. The van der Waals surface area contributed by atoms with Gasteiger partial charge in [-0.25, -0.2) is 0 Å². The van der Waals surface area contributed by atoms with Gasteiger partial charge in [0.05, 0.1) is 25.7 Å². The van der Waals surface area contributed by atoms with Crippen LogP contribution in [-0.4, -0.2) is 47.7 Å². The highest BCUT2D eigenvalue weighted by molar-refractivity contribution is 6.35. The minimum atomic E-state index is -0.820. The maximum atomic E-state index is 12.5. The first-order valence-electron chi connectivity index (χ1n) is 7.33. The molecule has 1 N–H and O–H groups in total. The summed E-state index contributed by atoms with van der Waals surface area (Å²) in [5.74, 6) is -0.768. The molecule has 0 bridgehead atoms. The molecular weight excluding hydrogens is 353 g/mol. The second kappa shape index (κ2) is 9.06. The normalized spacial score (nSPS) is 11.6. The van der Waals surface area contributed by atoms with Gasteiger partial charge in [-0.2, -0.15) is 0 Å². The highest BCUT2D eigenvalue weighted by Crippen LogP contribution is 2.22. The number of esters is 1. The Morgan fingerprint density at radius 2 is 2.00 bits per heavy atom. The van der Waals surface area contributed by atoms with Crippen molar-refractivity contribution in [3.8, 4) is 0 Å². The Balaban J connectivity index is 2.94. The monoisotopic (exact) mass is 373 g/mol. The first-order chi connectivity index (χ1) is 11.2. The van der Waals surface area contributed by atoms with E-state index in [1.807, 2.05) is 0 Å². The van der Waals surface area contributed by atoms with Crippen molar-refractivity contribution in [3.05, 3.63) is 39.9 Å². The first kappa shape index (κ1) is 20.5. The van der Waals surface area contributed by atoms with E-state index in [1.165, 1.54) is 18.1 Å². The number of amides is 1. The van der Waals surface area contributed by atoms with Gasteiger partial charge in [-0.15, -0.1) is 0 Å². The number of benzene rings is 1. The van der Waals surface area contributed by atoms with Crippen molar-refractivity contribution in [1.82, 2.24) is 4.90 Å². The highest BCUT2D eigenvalue weighted by atomic mass is 35.5. The molecule has 1 aromatic rings. The molecular formula is C17H21Cl2NO4. The van der Waals surface area contributed by atoms with Gasteiger partial charge < -0.3 is 14.7 Å². The third-order valence-electron chi connectivity index (χ3n) is 3.52. The number of hydrogen-bond donors (Lipinski definition) is 1. The molecule has 1 amide bonds. The molecule has 0 atom stereocenters. The molecule has 0 saturated heterocycles. The van der Waals surface area contributed by atoms with Gasteiger partial charge in [0.1, 0.15) is 0 Å². The Morgan fingerprint density at radius 3 is 2.54 bits per heavy atom. The Bertz CT molecular complexity index is 629. The molecule has 0 aromatic heterocycles. The van der Waals surface area contributed by atoms with E-state index in [0.29, 0.717) is 15.6 Å². The van der Waals surface area contributed by atoms with Crippen LogP contribution in [0.4, 0.5) is 0 Å². The van der Waals surface area contributed by atoms with Crippen molar-refractivity contribution in [2.75, 3.05) is 20.3 Å². The molecule has 1 rings (SSSR count). The van der Waals surface area contributed by atoms with E-state index in [4.69, 9.17) is 23.2 Å². The number of nitrogens with zero attached hydrogens (tertiary/aromatic N) is 1. The lowest BCUT2D eigenvalue weighted by Gasteiger charge is -2.36. The van der Waals surface area contributed by atoms with E-state index in [1.54, 1.807) is 38.1 Å². The maximum absolute atomic E-state index is 12.5. The van der Waals surface area contributed by atoms with Crippen LogP contribution in [0.3, 0.4) is 0 Å². The van der Waals surface area contributed by atoms with Gasteiger partial charge in [0.15, 0.2) is 0 Å². The van der Waals surface area contributed by atoms with Crippen LogP contribution in [0.15, 0.2) is 24.3 Å². The molecule has 0 heterocycles. The summed E-state index contributed by atoms with van der Waals surface area (Å²) in [6, 6.07) is 4.95. The van der Waals surface area contributed by atoms with Gasteiger partial charge in [-0.3, -0.25) is 9.59 Å². The van der Waals surface area contributed by atoms with Crippen molar-refractivity contribution in [1.29, 1.82) is 0 Å². The predicted molar refractivity (Wildman–Crippen MR) is 95.0 cm³/mol. The van der Waals surface area contributed by atoms with Crippen molar-refractivity contribution in [3.63, 3.8) is 0 Å². The van der Waals surface area contributed by atoms with Gasteiger partial charge in [0.25, 0.3) is 0 Å². The van der Waals surface area contributed by atoms with Crippen molar-refractivity contribution >= 4 is 41.2 Å². The molecule has 7 heteroatoms. The number of carbonyl (C=O) groups is 2. The molecule has 0 radical (unpaired) electrons. The zero-order chi connectivity index (χ0) is 18.3. The van der Waals surface area contributed by atoms with E-state index < -0.39 is 11.5 Å². The van der Waals surface area contributed by atoms with Crippen LogP contribution in [0, 0.1) is 0 Å². The fraction of sp³-hybridized carbons (Fsp3) is 0.412. The molecule has 0 fully saturated rings. The molecule has 24 heavy (non-hydrogen) atoms. The molecule has 0 unspecified atom stereocenters. The molecule has 0 saturated carbocycles. The van der Waals surface area contributed by atoms with Crippen LogP contribution in [0.5, 0.6) is 0 Å². The minimum absolute atomic E-state index is 0.0429. The second-order valence-corrected chi connectivity index (χ2v) is 6.63. The number of aliphatic hydroxyl groups excluding tert-OH is 1. The largest absolute Gasteiger partial charge is 0.469 e. The minimum Gasteiger partial charge on any atom is -0.469 e. The van der Waals surface area contributed by atoms with Gasteiger partial charge >= 0.3 is 5.97 Å². The lowest BCUT2D eigenvalue weighted by Crippen LogP contribution is -2.50. The van der Waals surface area contributed by atoms with Gasteiger partial charge in [-0.05, 0) is 37.6 Å². The number of hydrogen-bond acceptors (Lipinski definition) is 4. The van der Waals surface area contributed by atoms with Crippen LogP contribution < -0.4 is 0 Å². The SMILES string of the molecule is COC(=O)CCN(C(=O)/C=C/c1ccc(Cl)cc1Cl)C(C)(C)CO. The topological polar surface area (TPSA) is 66.8 Å². The zero-order valence-electron chi connectivity index (χ0n) is 13.9. The second-order valence-electron chi connectivity index (χ2n) is 5.79.